The zero-order chi connectivity index (χ0) is 28.4. The number of esters is 1. The second-order valence-corrected chi connectivity index (χ2v) is 10.4. The van der Waals surface area contributed by atoms with Crippen LogP contribution in [-0.4, -0.2) is 37.5 Å². The molecule has 6 rings (SSSR count). The van der Waals surface area contributed by atoms with Crippen LogP contribution in [0.1, 0.15) is 33.7 Å². The van der Waals surface area contributed by atoms with Crippen molar-refractivity contribution >= 4 is 5.97 Å². The van der Waals surface area contributed by atoms with E-state index >= 15 is 0 Å². The Labute approximate surface area is 239 Å². The van der Waals surface area contributed by atoms with E-state index in [0.29, 0.717) is 36.2 Å². The van der Waals surface area contributed by atoms with Gasteiger partial charge in [-0.25, -0.2) is 4.79 Å². The molecule has 4 aromatic rings. The van der Waals surface area contributed by atoms with E-state index in [2.05, 4.69) is 0 Å². The number of benzene rings is 4. The number of fused-ring (bicyclic) bond motifs is 2. The van der Waals surface area contributed by atoms with Crippen LogP contribution in [0.3, 0.4) is 0 Å². The number of ether oxygens (including phenoxy) is 5. The Bertz CT molecular complexity index is 1540. The number of hydrogen-bond acceptors (Lipinski definition) is 7. The lowest BCUT2D eigenvalue weighted by Gasteiger charge is -2.39. The maximum Gasteiger partial charge on any atom is 0.338 e. The van der Waals surface area contributed by atoms with Crippen molar-refractivity contribution in [3.05, 3.63) is 119 Å². The van der Waals surface area contributed by atoms with Gasteiger partial charge in [0.15, 0.2) is 28.6 Å². The van der Waals surface area contributed by atoms with Gasteiger partial charge in [0.1, 0.15) is 13.2 Å². The number of carbonyl (C=O) groups is 1. The summed E-state index contributed by atoms with van der Waals surface area (Å²) < 4.78 is 29.1. The number of carbonyl (C=O) groups excluding carboxylic acids is 1. The number of methoxy groups -OCH3 is 2. The summed E-state index contributed by atoms with van der Waals surface area (Å²) in [6, 6.07) is 29.4. The van der Waals surface area contributed by atoms with Gasteiger partial charge in [-0.05, 0) is 52.1 Å². The molecule has 7 heteroatoms. The maximum atomic E-state index is 12.8. The van der Waals surface area contributed by atoms with E-state index < -0.39 is 17.5 Å². The fourth-order valence-corrected chi connectivity index (χ4v) is 5.87. The van der Waals surface area contributed by atoms with E-state index in [1.165, 1.54) is 0 Å². The predicted octanol–water partition coefficient (Wildman–Crippen LogP) is 5.45. The third kappa shape index (κ3) is 5.09. The molecule has 0 bridgehead atoms. The van der Waals surface area contributed by atoms with Crippen molar-refractivity contribution in [2.24, 2.45) is 5.92 Å². The second kappa shape index (κ2) is 11.2. The highest BCUT2D eigenvalue weighted by molar-refractivity contribution is 5.83. The van der Waals surface area contributed by atoms with Gasteiger partial charge >= 0.3 is 5.97 Å². The van der Waals surface area contributed by atoms with Crippen LogP contribution in [0.4, 0.5) is 0 Å². The fraction of sp³-hybridized carbons (Fsp3) is 0.265. The highest BCUT2D eigenvalue weighted by atomic mass is 16.6. The number of hydrogen-bond donors (Lipinski definition) is 1. The molecule has 210 valence electrons. The quantitative estimate of drug-likeness (QED) is 0.276. The molecule has 0 amide bonds. The molecule has 1 fully saturated rings. The summed E-state index contributed by atoms with van der Waals surface area (Å²) in [6.45, 7) is 0.882. The molecule has 0 radical (unpaired) electrons. The lowest BCUT2D eigenvalue weighted by atomic mass is 9.65. The number of rotatable bonds is 9. The van der Waals surface area contributed by atoms with Crippen LogP contribution in [0, 0.1) is 5.92 Å². The molecule has 0 aromatic heterocycles. The first-order chi connectivity index (χ1) is 20.0. The minimum atomic E-state index is -1.65. The summed E-state index contributed by atoms with van der Waals surface area (Å²) in [7, 11) is 3.18. The van der Waals surface area contributed by atoms with Gasteiger partial charge in [0.2, 0.25) is 0 Å². The zero-order valence-corrected chi connectivity index (χ0v) is 23.0. The molecule has 1 saturated heterocycles. The first kappa shape index (κ1) is 26.7. The molecule has 7 nitrogen and oxygen atoms in total. The summed E-state index contributed by atoms with van der Waals surface area (Å²) in [5, 5.41) is 11.6. The Morgan fingerprint density at radius 1 is 0.780 bits per heavy atom. The molecule has 0 saturated carbocycles. The third-order valence-electron chi connectivity index (χ3n) is 8.00. The highest BCUT2D eigenvalue weighted by Gasteiger charge is 2.58. The smallest absolute Gasteiger partial charge is 0.338 e. The van der Waals surface area contributed by atoms with Gasteiger partial charge in [0.05, 0.1) is 20.8 Å². The van der Waals surface area contributed by atoms with Crippen molar-refractivity contribution in [2.45, 2.75) is 31.2 Å². The normalized spacial score (nSPS) is 20.9. The van der Waals surface area contributed by atoms with Crippen LogP contribution in [0.25, 0.3) is 0 Å². The van der Waals surface area contributed by atoms with Crippen LogP contribution in [0.2, 0.25) is 0 Å². The van der Waals surface area contributed by atoms with Gasteiger partial charge in [-0.1, -0.05) is 66.7 Å². The molecule has 1 heterocycles. The van der Waals surface area contributed by atoms with E-state index in [0.717, 1.165) is 27.8 Å². The lowest BCUT2D eigenvalue weighted by molar-refractivity contribution is -0.154. The molecule has 41 heavy (non-hydrogen) atoms. The Kier molecular flexibility index (Phi) is 7.28. The Morgan fingerprint density at radius 2 is 1.39 bits per heavy atom. The van der Waals surface area contributed by atoms with Crippen molar-refractivity contribution in [3.8, 4) is 23.0 Å². The predicted molar refractivity (Wildman–Crippen MR) is 152 cm³/mol. The summed E-state index contributed by atoms with van der Waals surface area (Å²) in [6.07, 6.45) is 0.132. The van der Waals surface area contributed by atoms with Gasteiger partial charge in [0, 0.05) is 18.3 Å². The minimum absolute atomic E-state index is 0.111. The van der Waals surface area contributed by atoms with Crippen molar-refractivity contribution in [2.75, 3.05) is 20.8 Å². The Hall–Kier alpha value is -4.49. The third-order valence-corrected chi connectivity index (χ3v) is 8.00. The molecule has 0 spiro atoms. The van der Waals surface area contributed by atoms with E-state index in [4.69, 9.17) is 23.7 Å². The van der Waals surface area contributed by atoms with Crippen LogP contribution >= 0.6 is 0 Å². The largest absolute Gasteiger partial charge is 0.493 e. The SMILES string of the molecule is COc1cc([C@H]2c3cc(OCc4ccccc4)c(OC)cc3C[C@@]3(O)C(=O)OC[C@H]23)ccc1OCc1ccccc1. The molecular weight excluding hydrogens is 520 g/mol. The van der Waals surface area contributed by atoms with Crippen LogP contribution in [-0.2, 0) is 29.2 Å². The lowest BCUT2D eigenvalue weighted by Crippen LogP contribution is -2.48. The molecule has 0 unspecified atom stereocenters. The molecule has 1 N–H and O–H groups in total. The average molecular weight is 553 g/mol. The summed E-state index contributed by atoms with van der Waals surface area (Å²) in [5.41, 5.74) is 3.05. The van der Waals surface area contributed by atoms with Crippen molar-refractivity contribution < 1.29 is 33.6 Å². The highest BCUT2D eigenvalue weighted by Crippen LogP contribution is 2.52. The van der Waals surface area contributed by atoms with E-state index in [-0.39, 0.29) is 18.9 Å². The van der Waals surface area contributed by atoms with Crippen LogP contribution in [0.5, 0.6) is 23.0 Å². The summed E-state index contributed by atoms with van der Waals surface area (Å²) in [5.74, 6) is 0.840. The van der Waals surface area contributed by atoms with Gasteiger partial charge in [-0.15, -0.1) is 0 Å². The fourth-order valence-electron chi connectivity index (χ4n) is 5.87. The average Bonchev–Trinajstić information content (AvgIpc) is 3.31. The zero-order valence-electron chi connectivity index (χ0n) is 23.0. The van der Waals surface area contributed by atoms with E-state index in [1.54, 1.807) is 14.2 Å². The maximum absolute atomic E-state index is 12.8. The molecule has 4 aromatic carbocycles. The molecule has 1 aliphatic carbocycles. The first-order valence-corrected chi connectivity index (χ1v) is 13.6. The second-order valence-electron chi connectivity index (χ2n) is 10.4. The van der Waals surface area contributed by atoms with Crippen molar-refractivity contribution in [1.82, 2.24) is 0 Å². The first-order valence-electron chi connectivity index (χ1n) is 13.6. The van der Waals surface area contributed by atoms with Gasteiger partial charge in [0.25, 0.3) is 0 Å². The molecule has 2 aliphatic rings. The van der Waals surface area contributed by atoms with Crippen LogP contribution < -0.4 is 18.9 Å². The molecule has 3 atom stereocenters. The van der Waals surface area contributed by atoms with Crippen molar-refractivity contribution in [3.63, 3.8) is 0 Å². The molecular formula is C34H32O7. The minimum Gasteiger partial charge on any atom is -0.493 e. The van der Waals surface area contributed by atoms with Crippen LogP contribution in [0.15, 0.2) is 91.0 Å². The van der Waals surface area contributed by atoms with Crippen molar-refractivity contribution in [1.29, 1.82) is 0 Å². The number of aliphatic hydroxyl groups is 1. The summed E-state index contributed by atoms with van der Waals surface area (Å²) >= 11 is 0. The monoisotopic (exact) mass is 552 g/mol. The Balaban J connectivity index is 1.38. The standard InChI is InChI=1S/C34H32O7/c1-37-29-15-24(13-14-28(29)39-19-22-9-5-3-6-10-22)32-26-17-31(40-20-23-11-7-4-8-12-23)30(38-2)16-25(26)18-34(36)27(32)21-41-33(34)35/h3-17,27,32,36H,18-21H2,1-2H3/t27-,32+,34+/m1/s1. The topological polar surface area (TPSA) is 83.5 Å². The van der Waals surface area contributed by atoms with E-state index in [9.17, 15) is 9.90 Å². The molecule has 1 aliphatic heterocycles. The van der Waals surface area contributed by atoms with E-state index in [1.807, 2.05) is 91.0 Å². The number of cyclic esters (lactones) is 1. The van der Waals surface area contributed by atoms with Gasteiger partial charge in [-0.2, -0.15) is 0 Å². The van der Waals surface area contributed by atoms with Gasteiger partial charge < -0.3 is 28.8 Å². The summed E-state index contributed by atoms with van der Waals surface area (Å²) in [4.78, 5) is 12.8. The Morgan fingerprint density at radius 3 is 2.02 bits per heavy atom. The van der Waals surface area contributed by atoms with Gasteiger partial charge in [-0.3, -0.25) is 0 Å².